The standard InChI is InChI=1S/C100H119Cl2N11O31/c1-15-71-100(10)85(143-97(131)144-100)46(6)113(13)41-42(2)39-98(8,132)84(141-95-81(120)62(112(11)12)26-43(3)134-95)44(4)83(45(5)94(129)139-71)140-72-40-99(9,133-14)86(47(7)135-72)142-96(130)105-25-24-104-89(124)78-58-37-55(115)38-65(118)73(58)57-31-50(18-20-63(57)116)75-90(125)111-79(93(128)110-78)80(119)51-19-23-67(60(102)32-51)138-70-35-53-34-69(82(70)121)137-66-22-16-48(27-59(66)101)28-61-87(122)107-76(91(126)109-77(53)92(127)108-75)52-29-54(114)36-56(30-52)136-68-33-49(17-21-64(68)117)74(103)88(123)106-61/h16-23,27,29-38,42-47,61-62,71-72,74-81,83-86,95,114-121,132H,15,24-26,28,39-41,103H2,1-14H3,(H,104,124)(H,105,130)(H,106,123)(H,107,122)(H,108,127)(H,109,126)(H,110,128)(H,111,125)/t42-,43-,44+,45-,46-,47+,61-,62+,71-,72+,74-,75-,76?,77-,78+,79+,80-,81-,83+,84-,85-,86+,95+,98-,99-,100+/m1/s1. The van der Waals surface area contributed by atoms with Gasteiger partial charge in [0.25, 0.3) is 0 Å². The second-order valence-corrected chi connectivity index (χ2v) is 39.7. The Bertz CT molecular complexity index is 6120. The van der Waals surface area contributed by atoms with E-state index in [1.807, 2.05) is 51.7 Å². The highest BCUT2D eigenvalue weighted by Crippen LogP contribution is 2.51. The number of nitrogens with two attached hydrogens (primary N) is 1. The monoisotopic (exact) mass is 2040 g/mol. The lowest BCUT2D eigenvalue weighted by molar-refractivity contribution is -0.317. The molecule has 10 aliphatic rings. The molecule has 0 radical (unpaired) electrons. The van der Waals surface area contributed by atoms with Crippen LogP contribution in [0.25, 0.3) is 11.1 Å². The zero-order valence-electron chi connectivity index (χ0n) is 81.1. The van der Waals surface area contributed by atoms with Gasteiger partial charge in [-0.3, -0.25) is 43.3 Å². The largest absolute Gasteiger partial charge is 0.509 e. The fourth-order valence-electron chi connectivity index (χ4n) is 20.4. The average Bonchev–Trinajstić information content (AvgIpc) is 1.44. The van der Waals surface area contributed by atoms with Crippen molar-refractivity contribution in [1.29, 1.82) is 0 Å². The highest BCUT2D eigenvalue weighted by atomic mass is 35.5. The number of methoxy groups -OCH3 is 1. The Balaban J connectivity index is 0.724. The molecule has 0 aliphatic carbocycles. The van der Waals surface area contributed by atoms with Crippen LogP contribution in [-0.4, -0.2) is 266 Å². The topological polar surface area (TPSA) is 592 Å². The predicted molar refractivity (Wildman–Crippen MR) is 510 cm³/mol. The SMILES string of the molecule is CC[C@H]1OC(=O)[C@H](C)[C@@H](O[C@H]2C[C@@](C)(OC)[C@@H](OC(=O)NCCNC(=O)[C@H]3NC(=O)[C@H]4NC(=O)[C@H](NC(=O)[C@@H]5NC(=O)C6NC(=O)[C@@H](Cc7ccc(c(Cl)c7)Oc7cc5cc(c7O)Oc5ccc(cc5Cl)[C@H]4O)NC(=O)[C@H](N)c4ccc(O)c(c4)Oc4cc(O)cc6c4)c4ccc(O)c(c4)-c4c(O)cc(O)cc43)[C@H](C)O2)[C@H](C)[C@@H](O[C@@H]2O[C@H](C)C[C@H](N(C)C)[C@H]2O)[C@](C)(O)C[C@@H](C)CN(C)[C@H](C)[C@H]2OC(=O)O[C@]21C. The number of aromatic hydroxyl groups is 6. The molecule has 26 atom stereocenters. The molecule has 4 saturated heterocycles. The number of phenols is 6. The molecule has 10 heterocycles. The van der Waals surface area contributed by atoms with Gasteiger partial charge in [-0.25, -0.2) is 9.59 Å². The van der Waals surface area contributed by atoms with Gasteiger partial charge in [0, 0.05) is 80.8 Å². The zero-order chi connectivity index (χ0) is 104. The summed E-state index contributed by atoms with van der Waals surface area (Å²) >= 11 is 14.0. The van der Waals surface area contributed by atoms with Crippen LogP contribution >= 0.6 is 23.2 Å². The van der Waals surface area contributed by atoms with Crippen LogP contribution in [0.5, 0.6) is 69.0 Å². The number of likely N-dealkylation sites (N-methyl/N-ethyl adjacent to an activating group) is 2. The van der Waals surface area contributed by atoms with E-state index in [0.717, 1.165) is 60.7 Å². The molecular formula is C100H119Cl2N11O31. The third-order valence-corrected chi connectivity index (χ3v) is 28.6. The van der Waals surface area contributed by atoms with Crippen LogP contribution in [0.2, 0.25) is 10.0 Å². The molecule has 8 amide bonds. The number of aliphatic hydroxyl groups is 3. The maximum atomic E-state index is 16.2. The molecule has 17 rings (SSSR count). The van der Waals surface area contributed by atoms with E-state index >= 15 is 33.6 Å². The minimum absolute atomic E-state index is 0.0759. The smallest absolute Gasteiger partial charge is 0.508 e. The number of ether oxygens (including phenoxy) is 12. The normalized spacial score (nSPS) is 31.8. The van der Waals surface area contributed by atoms with Crippen molar-refractivity contribution in [2.45, 2.75) is 240 Å². The summed E-state index contributed by atoms with van der Waals surface area (Å²) < 4.78 is 76.2. The van der Waals surface area contributed by atoms with Crippen LogP contribution in [0, 0.1) is 17.8 Å². The van der Waals surface area contributed by atoms with Gasteiger partial charge in [0.2, 0.25) is 47.1 Å². The number of carbonyl (C=O) groups excluding carboxylic acids is 10. The Hall–Kier alpha value is -12.8. The van der Waals surface area contributed by atoms with Gasteiger partial charge in [0.15, 0.2) is 53.4 Å². The molecule has 17 bridgehead atoms. The molecule has 0 saturated carbocycles. The maximum absolute atomic E-state index is 16.2. The number of rotatable bonds is 12. The molecule has 0 spiro atoms. The van der Waals surface area contributed by atoms with Crippen molar-refractivity contribution in [1.82, 2.24) is 52.3 Å². The first-order valence-electron chi connectivity index (χ1n) is 47.1. The van der Waals surface area contributed by atoms with E-state index in [1.165, 1.54) is 61.7 Å². The Labute approximate surface area is 837 Å². The lowest BCUT2D eigenvalue weighted by atomic mass is 9.77. The van der Waals surface area contributed by atoms with Crippen molar-refractivity contribution in [3.8, 4) is 80.1 Å². The molecule has 4 fully saturated rings. The summed E-state index contributed by atoms with van der Waals surface area (Å²) in [4.78, 5) is 155. The van der Waals surface area contributed by atoms with Gasteiger partial charge in [-0.2, -0.15) is 0 Å². The van der Waals surface area contributed by atoms with E-state index in [9.17, 15) is 60.3 Å². The van der Waals surface area contributed by atoms with Gasteiger partial charge < -0.3 is 156 Å². The number of alkyl carbamates (subject to hydrolysis) is 1. The molecule has 7 aromatic carbocycles. The molecule has 774 valence electrons. The predicted octanol–water partition coefficient (Wildman–Crippen LogP) is 7.85. The summed E-state index contributed by atoms with van der Waals surface area (Å²) in [7, 11) is 6.84. The number of carbonyl (C=O) groups is 10. The maximum Gasteiger partial charge on any atom is 0.509 e. The quantitative estimate of drug-likeness (QED) is 0.0314. The number of benzene rings is 7. The van der Waals surface area contributed by atoms with E-state index in [0.29, 0.717) is 13.0 Å². The van der Waals surface area contributed by atoms with Gasteiger partial charge >= 0.3 is 18.2 Å². The number of phenolic OH excluding ortho intramolecular Hbond substituents is 6. The molecular weight excluding hydrogens is 1920 g/mol. The Morgan fingerprint density at radius 1 is 0.618 bits per heavy atom. The average molecular weight is 2040 g/mol. The highest BCUT2D eigenvalue weighted by molar-refractivity contribution is 6.32. The van der Waals surface area contributed by atoms with Crippen molar-refractivity contribution in [3.63, 3.8) is 0 Å². The summed E-state index contributed by atoms with van der Waals surface area (Å²) in [6.07, 6.45) is -15.4. The number of halogens is 2. The van der Waals surface area contributed by atoms with Gasteiger partial charge in [0.1, 0.15) is 106 Å². The Morgan fingerprint density at radius 3 is 1.90 bits per heavy atom. The minimum atomic E-state index is -2.31. The summed E-state index contributed by atoms with van der Waals surface area (Å²) in [5.74, 6) is -18.4. The van der Waals surface area contributed by atoms with Crippen LogP contribution in [0.15, 0.2) is 115 Å². The fourth-order valence-corrected chi connectivity index (χ4v) is 20.9. The lowest BCUT2D eigenvalue weighted by Gasteiger charge is -2.49. The molecule has 0 aromatic heterocycles. The number of hydrogen-bond donors (Lipinski definition) is 18. The van der Waals surface area contributed by atoms with E-state index in [-0.39, 0.29) is 98.0 Å². The molecule has 10 aliphatic heterocycles. The van der Waals surface area contributed by atoms with E-state index in [4.69, 9.17) is 85.8 Å². The van der Waals surface area contributed by atoms with Gasteiger partial charge in [-0.1, -0.05) is 68.2 Å². The Morgan fingerprint density at radius 2 is 1.24 bits per heavy atom. The molecule has 1 unspecified atom stereocenters. The van der Waals surface area contributed by atoms with E-state index in [1.54, 1.807) is 48.5 Å². The number of cyclic esters (lactones) is 1. The number of aliphatic hydroxyl groups excluding tert-OH is 2. The Kier molecular flexibility index (Phi) is 31.1. The number of hydrogen-bond acceptors (Lipinski definition) is 34. The minimum Gasteiger partial charge on any atom is -0.508 e. The van der Waals surface area contributed by atoms with Crippen LogP contribution in [0.3, 0.4) is 0 Å². The molecule has 19 N–H and O–H groups in total. The van der Waals surface area contributed by atoms with Crippen LogP contribution < -0.4 is 62.5 Å². The summed E-state index contributed by atoms with van der Waals surface area (Å²) in [5, 5.41) is 129. The second kappa shape index (κ2) is 42.5. The third-order valence-electron chi connectivity index (χ3n) is 28.0. The first-order chi connectivity index (χ1) is 68.0. The molecule has 42 nitrogen and oxygen atoms in total. The number of fused-ring (bicyclic) bond motifs is 15. The highest BCUT2D eigenvalue weighted by Gasteiger charge is 2.60. The van der Waals surface area contributed by atoms with Gasteiger partial charge in [-0.05, 0) is 213 Å². The molecule has 144 heavy (non-hydrogen) atoms. The van der Waals surface area contributed by atoms with Crippen LogP contribution in [0.4, 0.5) is 9.59 Å². The molecule has 7 aromatic rings. The van der Waals surface area contributed by atoms with Crippen LogP contribution in [0.1, 0.15) is 170 Å². The molecule has 44 heteroatoms. The van der Waals surface area contributed by atoms with Gasteiger partial charge in [0.05, 0.1) is 46.0 Å². The summed E-state index contributed by atoms with van der Waals surface area (Å²) in [6.45, 7) is 16.5. The zero-order valence-corrected chi connectivity index (χ0v) is 82.7. The first-order valence-corrected chi connectivity index (χ1v) is 47.9. The van der Waals surface area contributed by atoms with Gasteiger partial charge in [-0.15, -0.1) is 0 Å². The van der Waals surface area contributed by atoms with E-state index < -0.39 is 286 Å². The third kappa shape index (κ3) is 22.1. The van der Waals surface area contributed by atoms with Crippen molar-refractivity contribution in [2.24, 2.45) is 23.5 Å². The second-order valence-electron chi connectivity index (χ2n) is 38.9. The lowest BCUT2D eigenvalue weighted by Crippen LogP contribution is -2.61. The van der Waals surface area contributed by atoms with Crippen molar-refractivity contribution < 1.29 is 151 Å². The summed E-state index contributed by atoms with van der Waals surface area (Å²) in [6, 6.07) is 6.71. The van der Waals surface area contributed by atoms with Crippen molar-refractivity contribution >= 4 is 82.8 Å². The van der Waals surface area contributed by atoms with Crippen molar-refractivity contribution in [2.75, 3.05) is 47.9 Å². The first kappa shape index (κ1) is 105. The van der Waals surface area contributed by atoms with Crippen molar-refractivity contribution in [3.05, 3.63) is 164 Å². The number of amides is 8. The van der Waals surface area contributed by atoms with Crippen LogP contribution in [-0.2, 0) is 87.4 Å². The number of esters is 1. The summed E-state index contributed by atoms with van der Waals surface area (Å²) in [5.41, 5.74) is -0.560. The number of nitrogens with zero attached hydrogens (tertiary/aromatic N) is 2. The number of nitrogens with one attached hydrogen (secondary N) is 8. The van der Waals surface area contributed by atoms with E-state index in [2.05, 4.69) is 42.5 Å². The fraction of sp³-hybridized carbons (Fsp3) is 0.480.